The Hall–Kier alpha value is -3.30. The number of halogens is 1. The van der Waals surface area contributed by atoms with Crippen molar-refractivity contribution in [2.75, 3.05) is 18.1 Å². The summed E-state index contributed by atoms with van der Waals surface area (Å²) < 4.78 is 71.6. The lowest BCUT2D eigenvalue weighted by molar-refractivity contribution is -0.136. The van der Waals surface area contributed by atoms with Crippen LogP contribution in [0.1, 0.15) is 38.3 Å². The zero-order chi connectivity index (χ0) is 32.8. The number of hydrogen-bond donors (Lipinski definition) is 2. The van der Waals surface area contributed by atoms with E-state index in [9.17, 15) is 30.8 Å². The van der Waals surface area contributed by atoms with Gasteiger partial charge in [0.25, 0.3) is 0 Å². The van der Waals surface area contributed by atoms with Crippen LogP contribution in [0.25, 0.3) is 11.1 Å². The van der Waals surface area contributed by atoms with Gasteiger partial charge < -0.3 is 15.2 Å². The third kappa shape index (κ3) is 8.91. The van der Waals surface area contributed by atoms with Crippen molar-refractivity contribution in [1.29, 1.82) is 0 Å². The molecule has 1 aliphatic heterocycles. The summed E-state index contributed by atoms with van der Waals surface area (Å²) in [6, 6.07) is 19.4. The number of thioether (sulfide) groups is 1. The Morgan fingerprint density at radius 1 is 0.978 bits per heavy atom. The number of carbonyl (C=O) groups excluding carboxylic acids is 2. The van der Waals surface area contributed by atoms with Gasteiger partial charge in [0.05, 0.1) is 16.7 Å². The zero-order valence-electron chi connectivity index (χ0n) is 24.8. The SMILES string of the molecule is CC(C)C(N)C(=O)OS(=O)(=O)CCCC(NC(=O)C1SCCN1S(=O)(=O)c1ccc(-c2ccccc2)cc1)c1ccc(F)cc1. The standard InChI is InChI=1S/C31H36FN3O7S3/c1-21(2)28(33)31(37)42-44(38,39)20-6-9-27(24-10-14-25(32)15-11-24)34-29(36)30-35(18-19-43-30)45(40,41)26-16-12-23(13-17-26)22-7-4-3-5-8-22/h3-5,7-8,10-17,21,27-28,30H,6,9,18-20,33H2,1-2H3,(H,34,36). The largest absolute Gasteiger partial charge is 0.347 e. The average Bonchev–Trinajstić information content (AvgIpc) is 3.52. The van der Waals surface area contributed by atoms with Gasteiger partial charge in [-0.1, -0.05) is 68.4 Å². The van der Waals surface area contributed by atoms with E-state index in [1.54, 1.807) is 26.0 Å². The molecule has 0 spiro atoms. The highest BCUT2D eigenvalue weighted by molar-refractivity contribution is 8.02. The van der Waals surface area contributed by atoms with E-state index in [-0.39, 0.29) is 30.2 Å². The number of hydrogen-bond acceptors (Lipinski definition) is 9. The molecule has 3 aromatic carbocycles. The van der Waals surface area contributed by atoms with E-state index >= 15 is 0 Å². The van der Waals surface area contributed by atoms with Gasteiger partial charge in [-0.05, 0) is 59.7 Å². The Labute approximate surface area is 267 Å². The van der Waals surface area contributed by atoms with Gasteiger partial charge in [-0.25, -0.2) is 17.6 Å². The molecule has 0 radical (unpaired) electrons. The molecule has 1 heterocycles. The highest BCUT2D eigenvalue weighted by atomic mass is 32.2. The van der Waals surface area contributed by atoms with E-state index in [2.05, 4.69) is 9.50 Å². The molecule has 3 atom stereocenters. The molecule has 0 aliphatic carbocycles. The van der Waals surface area contributed by atoms with E-state index in [0.29, 0.717) is 11.3 Å². The maximum absolute atomic E-state index is 13.7. The number of carbonyl (C=O) groups is 2. The van der Waals surface area contributed by atoms with Crippen LogP contribution in [-0.2, 0) is 33.9 Å². The molecule has 0 bridgehead atoms. The molecule has 242 valence electrons. The van der Waals surface area contributed by atoms with Crippen molar-refractivity contribution < 1.29 is 35.0 Å². The fourth-order valence-electron chi connectivity index (χ4n) is 4.71. The van der Waals surface area contributed by atoms with Crippen LogP contribution in [0.2, 0.25) is 0 Å². The van der Waals surface area contributed by atoms with Gasteiger partial charge in [0.15, 0.2) is 0 Å². The second-order valence-corrected chi connectivity index (χ2v) is 15.7. The molecule has 1 saturated heterocycles. The maximum atomic E-state index is 13.7. The second kappa shape index (κ2) is 14.9. The maximum Gasteiger partial charge on any atom is 0.339 e. The van der Waals surface area contributed by atoms with Crippen molar-refractivity contribution in [2.24, 2.45) is 11.7 Å². The van der Waals surface area contributed by atoms with E-state index < -0.39 is 61.0 Å². The Bertz CT molecular complexity index is 1690. The topological polar surface area (TPSA) is 153 Å². The van der Waals surface area contributed by atoms with Gasteiger partial charge in [-0.2, -0.15) is 12.7 Å². The summed E-state index contributed by atoms with van der Waals surface area (Å²) in [5.74, 6) is -2.61. The number of benzene rings is 3. The van der Waals surface area contributed by atoms with Crippen LogP contribution in [0.15, 0.2) is 83.8 Å². The Morgan fingerprint density at radius 3 is 2.22 bits per heavy atom. The highest BCUT2D eigenvalue weighted by Crippen LogP contribution is 2.32. The first-order chi connectivity index (χ1) is 21.3. The molecule has 3 unspecified atom stereocenters. The number of nitrogens with two attached hydrogens (primary N) is 1. The number of amides is 1. The third-order valence-corrected chi connectivity index (χ3v) is 11.7. The Balaban J connectivity index is 1.47. The summed E-state index contributed by atoms with van der Waals surface area (Å²) in [5, 5.41) is 1.75. The predicted octanol–water partition coefficient (Wildman–Crippen LogP) is 4.05. The van der Waals surface area contributed by atoms with Gasteiger partial charge in [0.1, 0.15) is 17.2 Å². The fourth-order valence-corrected chi connectivity index (χ4v) is 8.76. The summed E-state index contributed by atoms with van der Waals surface area (Å²) in [7, 11) is -8.30. The lowest BCUT2D eigenvalue weighted by Crippen LogP contribution is -2.45. The molecule has 10 nitrogen and oxygen atoms in total. The van der Waals surface area contributed by atoms with Gasteiger partial charge in [-0.15, -0.1) is 11.8 Å². The molecular weight excluding hydrogens is 642 g/mol. The Morgan fingerprint density at radius 2 is 1.60 bits per heavy atom. The molecule has 4 rings (SSSR count). The van der Waals surface area contributed by atoms with E-state index in [4.69, 9.17) is 5.73 Å². The number of nitrogens with one attached hydrogen (secondary N) is 1. The predicted molar refractivity (Wildman–Crippen MR) is 171 cm³/mol. The minimum atomic E-state index is -4.26. The lowest BCUT2D eigenvalue weighted by atomic mass is 10.0. The first-order valence-corrected chi connectivity index (χ1v) is 18.4. The number of nitrogens with zero attached hydrogens (tertiary/aromatic N) is 1. The van der Waals surface area contributed by atoms with Crippen LogP contribution < -0.4 is 11.1 Å². The van der Waals surface area contributed by atoms with Crippen molar-refractivity contribution in [3.63, 3.8) is 0 Å². The van der Waals surface area contributed by atoms with E-state index in [0.717, 1.165) is 15.4 Å². The minimum absolute atomic E-state index is 0.0254. The number of sulfonamides is 1. The third-order valence-electron chi connectivity index (χ3n) is 7.32. The normalized spacial score (nSPS) is 17.1. The quantitative estimate of drug-likeness (QED) is 0.255. The van der Waals surface area contributed by atoms with Gasteiger partial charge in [-0.3, -0.25) is 4.79 Å². The molecule has 3 N–H and O–H groups in total. The van der Waals surface area contributed by atoms with Crippen LogP contribution in [0.4, 0.5) is 4.39 Å². The molecule has 1 aliphatic rings. The first kappa shape index (κ1) is 34.6. The molecule has 0 saturated carbocycles. The smallest absolute Gasteiger partial charge is 0.339 e. The highest BCUT2D eigenvalue weighted by Gasteiger charge is 2.41. The minimum Gasteiger partial charge on any atom is -0.347 e. The van der Waals surface area contributed by atoms with Gasteiger partial charge >= 0.3 is 16.1 Å². The van der Waals surface area contributed by atoms with E-state index in [1.165, 1.54) is 48.2 Å². The molecular formula is C31H36FN3O7S3. The van der Waals surface area contributed by atoms with Crippen LogP contribution in [0.5, 0.6) is 0 Å². The average molecular weight is 678 g/mol. The summed E-state index contributed by atoms with van der Waals surface area (Å²) in [5.41, 5.74) is 7.97. The monoisotopic (exact) mass is 677 g/mol. The van der Waals surface area contributed by atoms with Crippen molar-refractivity contribution in [1.82, 2.24) is 9.62 Å². The van der Waals surface area contributed by atoms with Crippen LogP contribution >= 0.6 is 11.8 Å². The zero-order valence-corrected chi connectivity index (χ0v) is 27.3. The summed E-state index contributed by atoms with van der Waals surface area (Å²) in [4.78, 5) is 25.7. The van der Waals surface area contributed by atoms with Crippen LogP contribution in [-0.4, -0.2) is 62.5 Å². The molecule has 3 aromatic rings. The molecule has 1 fully saturated rings. The first-order valence-electron chi connectivity index (χ1n) is 14.3. The fraction of sp³-hybridized carbons (Fsp3) is 0.355. The molecule has 1 amide bonds. The van der Waals surface area contributed by atoms with Crippen LogP contribution in [0, 0.1) is 11.7 Å². The van der Waals surface area contributed by atoms with Crippen molar-refractivity contribution in [2.45, 2.75) is 49.0 Å². The summed E-state index contributed by atoms with van der Waals surface area (Å²) in [6.45, 7) is 3.44. The van der Waals surface area contributed by atoms with Crippen molar-refractivity contribution in [3.05, 3.63) is 90.2 Å². The second-order valence-electron chi connectivity index (χ2n) is 10.9. The summed E-state index contributed by atoms with van der Waals surface area (Å²) in [6.07, 6.45) is 0.0535. The van der Waals surface area contributed by atoms with E-state index in [1.807, 2.05) is 30.3 Å². The lowest BCUT2D eigenvalue weighted by Gasteiger charge is -2.26. The Kier molecular flexibility index (Phi) is 11.4. The van der Waals surface area contributed by atoms with Crippen molar-refractivity contribution in [3.8, 4) is 11.1 Å². The van der Waals surface area contributed by atoms with Gasteiger partial charge in [0.2, 0.25) is 15.9 Å². The summed E-state index contributed by atoms with van der Waals surface area (Å²) >= 11 is 1.17. The van der Waals surface area contributed by atoms with Crippen molar-refractivity contribution >= 4 is 43.8 Å². The van der Waals surface area contributed by atoms with Gasteiger partial charge in [0, 0.05) is 12.3 Å². The van der Waals surface area contributed by atoms with Crippen LogP contribution in [0.3, 0.4) is 0 Å². The number of rotatable bonds is 13. The molecule has 45 heavy (non-hydrogen) atoms. The molecule has 14 heteroatoms. The molecule has 0 aromatic heterocycles.